The molecule has 2 aromatic heterocycles. The van der Waals surface area contributed by atoms with Crippen LogP contribution in [0.5, 0.6) is 0 Å². The first-order valence-electron chi connectivity index (χ1n) is 4.70. The van der Waals surface area contributed by atoms with Gasteiger partial charge in [-0.25, -0.2) is 9.78 Å². The lowest BCUT2D eigenvalue weighted by Crippen LogP contribution is -2.14. The van der Waals surface area contributed by atoms with Crippen LogP contribution in [0.4, 0.5) is 5.13 Å². The summed E-state index contributed by atoms with van der Waals surface area (Å²) in [5, 5.41) is 2.64. The Morgan fingerprint density at radius 1 is 1.39 bits per heavy atom. The molecule has 2 heterocycles. The Morgan fingerprint density at radius 3 is 2.89 bits per heavy atom. The molecular formula is C9H7N5O3S. The van der Waals surface area contributed by atoms with E-state index in [1.54, 1.807) is 0 Å². The standard InChI is InChI=1S/C9H7N5O3S/c1-17-8(16)6-12-9(18-14-6)13-7(15)5-4-10-2-3-11-5/h2-4H,1H3,(H,12,13,14,15). The van der Waals surface area contributed by atoms with E-state index < -0.39 is 11.9 Å². The molecule has 2 aromatic rings. The molecule has 18 heavy (non-hydrogen) atoms. The van der Waals surface area contributed by atoms with E-state index in [0.29, 0.717) is 0 Å². The molecule has 1 N–H and O–H groups in total. The maximum atomic E-state index is 11.7. The first kappa shape index (κ1) is 12.0. The zero-order valence-electron chi connectivity index (χ0n) is 9.15. The molecule has 0 aliphatic heterocycles. The fourth-order valence-electron chi connectivity index (χ4n) is 1.03. The summed E-state index contributed by atoms with van der Waals surface area (Å²) >= 11 is 0.874. The number of rotatable bonds is 3. The number of anilines is 1. The summed E-state index contributed by atoms with van der Waals surface area (Å²) in [4.78, 5) is 34.2. The molecule has 8 nitrogen and oxygen atoms in total. The highest BCUT2D eigenvalue weighted by Gasteiger charge is 2.15. The van der Waals surface area contributed by atoms with Crippen molar-refractivity contribution in [2.24, 2.45) is 0 Å². The monoisotopic (exact) mass is 265 g/mol. The Labute approximate surface area is 105 Å². The fourth-order valence-corrected chi connectivity index (χ4v) is 1.58. The SMILES string of the molecule is COC(=O)c1nsc(NC(=O)c2cnccn2)n1. The zero-order valence-corrected chi connectivity index (χ0v) is 9.97. The van der Waals surface area contributed by atoms with Crippen LogP contribution in [0.25, 0.3) is 0 Å². The van der Waals surface area contributed by atoms with Gasteiger partial charge in [-0.15, -0.1) is 0 Å². The van der Waals surface area contributed by atoms with E-state index >= 15 is 0 Å². The first-order chi connectivity index (χ1) is 8.70. The zero-order chi connectivity index (χ0) is 13.0. The summed E-state index contributed by atoms with van der Waals surface area (Å²) in [5.74, 6) is -1.24. The van der Waals surface area contributed by atoms with Crippen LogP contribution < -0.4 is 5.32 Å². The second-order valence-corrected chi connectivity index (χ2v) is 3.71. The molecule has 0 bridgehead atoms. The maximum absolute atomic E-state index is 11.7. The van der Waals surface area contributed by atoms with Crippen molar-refractivity contribution in [3.05, 3.63) is 30.1 Å². The average molecular weight is 265 g/mol. The molecule has 0 spiro atoms. The Balaban J connectivity index is 2.08. The number of esters is 1. The largest absolute Gasteiger partial charge is 0.463 e. The van der Waals surface area contributed by atoms with E-state index in [2.05, 4.69) is 29.4 Å². The molecule has 0 aliphatic carbocycles. The van der Waals surface area contributed by atoms with Crippen LogP contribution in [-0.4, -0.2) is 38.3 Å². The van der Waals surface area contributed by atoms with Gasteiger partial charge >= 0.3 is 5.97 Å². The van der Waals surface area contributed by atoms with Gasteiger partial charge in [0.15, 0.2) is 0 Å². The summed E-state index contributed by atoms with van der Waals surface area (Å²) in [5.41, 5.74) is 0.146. The van der Waals surface area contributed by atoms with Crippen molar-refractivity contribution in [1.82, 2.24) is 19.3 Å². The van der Waals surface area contributed by atoms with Gasteiger partial charge in [-0.2, -0.15) is 9.36 Å². The third-order valence-corrected chi connectivity index (χ3v) is 2.44. The van der Waals surface area contributed by atoms with Gasteiger partial charge in [0.1, 0.15) is 5.69 Å². The summed E-state index contributed by atoms with van der Waals surface area (Å²) in [7, 11) is 1.22. The number of hydrogen-bond donors (Lipinski definition) is 1. The van der Waals surface area contributed by atoms with Crippen LogP contribution in [0.3, 0.4) is 0 Å². The van der Waals surface area contributed by atoms with Crippen molar-refractivity contribution >= 4 is 28.5 Å². The second kappa shape index (κ2) is 5.27. The number of carbonyl (C=O) groups excluding carboxylic acids is 2. The molecule has 0 aliphatic rings. The molecule has 1 amide bonds. The summed E-state index contributed by atoms with van der Waals surface area (Å²) in [6.07, 6.45) is 4.17. The van der Waals surface area contributed by atoms with Crippen LogP contribution in [-0.2, 0) is 4.74 Å². The van der Waals surface area contributed by atoms with E-state index in [1.807, 2.05) is 0 Å². The van der Waals surface area contributed by atoms with Crippen molar-refractivity contribution < 1.29 is 14.3 Å². The van der Waals surface area contributed by atoms with Crippen LogP contribution in [0.2, 0.25) is 0 Å². The van der Waals surface area contributed by atoms with Gasteiger partial charge in [-0.1, -0.05) is 0 Å². The van der Waals surface area contributed by atoms with Gasteiger partial charge in [-0.05, 0) is 0 Å². The minimum absolute atomic E-state index is 0.100. The Morgan fingerprint density at radius 2 is 2.22 bits per heavy atom. The van der Waals surface area contributed by atoms with Crippen LogP contribution >= 0.6 is 11.5 Å². The van der Waals surface area contributed by atoms with Crippen molar-refractivity contribution in [1.29, 1.82) is 0 Å². The highest BCUT2D eigenvalue weighted by atomic mass is 32.1. The predicted octanol–water partition coefficient (Wildman–Crippen LogP) is 0.367. The average Bonchev–Trinajstić information content (AvgIpc) is 2.87. The normalized spacial score (nSPS) is 9.83. The maximum Gasteiger partial charge on any atom is 0.377 e. The van der Waals surface area contributed by atoms with E-state index in [4.69, 9.17) is 0 Å². The molecular weight excluding hydrogens is 258 g/mol. The topological polar surface area (TPSA) is 107 Å². The molecule has 0 saturated heterocycles. The van der Waals surface area contributed by atoms with Gasteiger partial charge in [0.25, 0.3) is 11.7 Å². The van der Waals surface area contributed by atoms with Gasteiger partial charge in [0.2, 0.25) is 5.13 Å². The molecule has 0 aromatic carbocycles. The number of aromatic nitrogens is 4. The predicted molar refractivity (Wildman–Crippen MR) is 61.2 cm³/mol. The quantitative estimate of drug-likeness (QED) is 0.798. The third kappa shape index (κ3) is 2.63. The van der Waals surface area contributed by atoms with Crippen molar-refractivity contribution in [3.8, 4) is 0 Å². The second-order valence-electron chi connectivity index (χ2n) is 2.96. The molecule has 2 rings (SSSR count). The minimum Gasteiger partial charge on any atom is -0.463 e. The Bertz CT molecular complexity index is 571. The summed E-state index contributed by atoms with van der Waals surface area (Å²) < 4.78 is 8.19. The Hall–Kier alpha value is -2.42. The molecule has 0 fully saturated rings. The number of carbonyl (C=O) groups is 2. The third-order valence-electron chi connectivity index (χ3n) is 1.81. The van der Waals surface area contributed by atoms with Gasteiger partial charge in [-0.3, -0.25) is 15.1 Å². The van der Waals surface area contributed by atoms with E-state index in [9.17, 15) is 9.59 Å². The van der Waals surface area contributed by atoms with Crippen molar-refractivity contribution in [2.75, 3.05) is 12.4 Å². The lowest BCUT2D eigenvalue weighted by molar-refractivity contribution is 0.0588. The number of nitrogens with zero attached hydrogens (tertiary/aromatic N) is 4. The molecule has 9 heteroatoms. The van der Waals surface area contributed by atoms with Gasteiger partial charge < -0.3 is 4.74 Å². The number of nitrogens with one attached hydrogen (secondary N) is 1. The molecule has 0 saturated carbocycles. The van der Waals surface area contributed by atoms with Gasteiger partial charge in [0, 0.05) is 23.9 Å². The van der Waals surface area contributed by atoms with E-state index in [1.165, 1.54) is 25.7 Å². The fraction of sp³-hybridized carbons (Fsp3) is 0.111. The summed E-state index contributed by atoms with van der Waals surface area (Å²) in [6.45, 7) is 0. The van der Waals surface area contributed by atoms with Crippen molar-refractivity contribution in [3.63, 3.8) is 0 Å². The van der Waals surface area contributed by atoms with E-state index in [-0.39, 0.29) is 16.6 Å². The number of ether oxygens (including phenoxy) is 1. The molecule has 0 unspecified atom stereocenters. The van der Waals surface area contributed by atoms with Crippen LogP contribution in [0.1, 0.15) is 21.1 Å². The number of methoxy groups -OCH3 is 1. The van der Waals surface area contributed by atoms with E-state index in [0.717, 1.165) is 11.5 Å². The van der Waals surface area contributed by atoms with Gasteiger partial charge in [0.05, 0.1) is 13.3 Å². The van der Waals surface area contributed by atoms with Crippen molar-refractivity contribution in [2.45, 2.75) is 0 Å². The summed E-state index contributed by atoms with van der Waals surface area (Å²) in [6, 6.07) is 0. The number of amides is 1. The van der Waals surface area contributed by atoms with Crippen LogP contribution in [0, 0.1) is 0 Å². The molecule has 0 radical (unpaired) electrons. The minimum atomic E-state index is -0.661. The van der Waals surface area contributed by atoms with Crippen LogP contribution in [0.15, 0.2) is 18.6 Å². The first-order valence-corrected chi connectivity index (χ1v) is 5.47. The Kier molecular flexibility index (Phi) is 3.53. The molecule has 0 atom stereocenters. The number of hydrogen-bond acceptors (Lipinski definition) is 8. The smallest absolute Gasteiger partial charge is 0.377 e. The highest BCUT2D eigenvalue weighted by Crippen LogP contribution is 2.12. The lowest BCUT2D eigenvalue weighted by atomic mass is 10.4. The molecule has 92 valence electrons. The highest BCUT2D eigenvalue weighted by molar-refractivity contribution is 7.10. The lowest BCUT2D eigenvalue weighted by Gasteiger charge is -1.98.